The second-order valence-corrected chi connectivity index (χ2v) is 4.26. The van der Waals surface area contributed by atoms with Gasteiger partial charge in [0.05, 0.1) is 18.5 Å². The molecule has 84 valence electrons. The molecule has 0 aliphatic carbocycles. The smallest absolute Gasteiger partial charge is 0.128 e. The average molecular weight is 217 g/mol. The molecule has 3 heterocycles. The zero-order valence-corrected chi connectivity index (χ0v) is 9.53. The van der Waals surface area contributed by atoms with E-state index >= 15 is 0 Å². The molecule has 4 heteroatoms. The number of nitrogens with one attached hydrogen (secondary N) is 1. The van der Waals surface area contributed by atoms with Crippen molar-refractivity contribution in [2.24, 2.45) is 7.05 Å². The van der Waals surface area contributed by atoms with Crippen molar-refractivity contribution >= 4 is 0 Å². The van der Waals surface area contributed by atoms with Gasteiger partial charge in [-0.2, -0.15) is 5.10 Å². The molecular weight excluding hydrogens is 202 g/mol. The Kier molecular flexibility index (Phi) is 2.11. The predicted molar refractivity (Wildman–Crippen MR) is 60.2 cm³/mol. The second kappa shape index (κ2) is 3.49. The molecule has 2 aromatic heterocycles. The van der Waals surface area contributed by atoms with Crippen molar-refractivity contribution in [2.45, 2.75) is 19.4 Å². The first-order valence-electron chi connectivity index (χ1n) is 5.55. The normalized spacial score (nSPS) is 19.8. The van der Waals surface area contributed by atoms with Crippen molar-refractivity contribution in [3.05, 3.63) is 41.1 Å². The lowest BCUT2D eigenvalue weighted by Crippen LogP contribution is -2.29. The molecular formula is C12H15N3O. The number of aromatic nitrogens is 2. The van der Waals surface area contributed by atoms with E-state index in [1.165, 1.54) is 16.8 Å². The Morgan fingerprint density at radius 1 is 1.56 bits per heavy atom. The molecule has 16 heavy (non-hydrogen) atoms. The van der Waals surface area contributed by atoms with Crippen LogP contribution in [0.3, 0.4) is 0 Å². The zero-order valence-electron chi connectivity index (χ0n) is 9.53. The fourth-order valence-electron chi connectivity index (χ4n) is 2.30. The van der Waals surface area contributed by atoms with Crippen LogP contribution < -0.4 is 5.32 Å². The lowest BCUT2D eigenvalue weighted by Gasteiger charge is -2.22. The van der Waals surface area contributed by atoms with Gasteiger partial charge in [-0.25, -0.2) is 0 Å². The molecule has 0 fully saturated rings. The van der Waals surface area contributed by atoms with Crippen LogP contribution in [0.4, 0.5) is 0 Å². The average Bonchev–Trinajstić information content (AvgIpc) is 2.87. The minimum absolute atomic E-state index is 0.160. The van der Waals surface area contributed by atoms with Crippen molar-refractivity contribution in [3.8, 4) is 0 Å². The summed E-state index contributed by atoms with van der Waals surface area (Å²) in [7, 11) is 1.96. The van der Waals surface area contributed by atoms with Crippen LogP contribution >= 0.6 is 0 Å². The SMILES string of the molecule is Cc1c(C2NCCc3ccoc32)cnn1C. The highest BCUT2D eigenvalue weighted by molar-refractivity contribution is 5.34. The van der Waals surface area contributed by atoms with Crippen molar-refractivity contribution in [3.63, 3.8) is 0 Å². The number of nitrogens with zero attached hydrogens (tertiary/aromatic N) is 2. The van der Waals surface area contributed by atoms with Crippen molar-refractivity contribution in [2.75, 3.05) is 6.54 Å². The summed E-state index contributed by atoms with van der Waals surface area (Å²) in [6, 6.07) is 2.22. The molecule has 0 amide bonds. The molecule has 0 saturated heterocycles. The molecule has 0 radical (unpaired) electrons. The van der Waals surface area contributed by atoms with Gasteiger partial charge in [0.1, 0.15) is 5.76 Å². The lowest BCUT2D eigenvalue weighted by molar-refractivity contribution is 0.424. The van der Waals surface area contributed by atoms with E-state index in [0.717, 1.165) is 18.7 Å². The van der Waals surface area contributed by atoms with Gasteiger partial charge in [-0.3, -0.25) is 4.68 Å². The predicted octanol–water partition coefficient (Wildman–Crippen LogP) is 1.56. The monoisotopic (exact) mass is 217 g/mol. The van der Waals surface area contributed by atoms with E-state index in [2.05, 4.69) is 23.4 Å². The van der Waals surface area contributed by atoms with Crippen LogP contribution in [0.25, 0.3) is 0 Å². The molecule has 0 saturated carbocycles. The highest BCUT2D eigenvalue weighted by atomic mass is 16.3. The van der Waals surface area contributed by atoms with E-state index in [4.69, 9.17) is 4.42 Å². The summed E-state index contributed by atoms with van der Waals surface area (Å²) < 4.78 is 7.48. The Morgan fingerprint density at radius 3 is 3.19 bits per heavy atom. The first-order chi connectivity index (χ1) is 7.77. The molecule has 0 aromatic carbocycles. The third-order valence-electron chi connectivity index (χ3n) is 3.37. The van der Waals surface area contributed by atoms with Crippen LogP contribution in [-0.4, -0.2) is 16.3 Å². The van der Waals surface area contributed by atoms with Crippen LogP contribution in [0.1, 0.15) is 28.6 Å². The van der Waals surface area contributed by atoms with E-state index in [0.29, 0.717) is 0 Å². The van der Waals surface area contributed by atoms with Crippen LogP contribution in [0.5, 0.6) is 0 Å². The number of furan rings is 1. The van der Waals surface area contributed by atoms with Gasteiger partial charge < -0.3 is 9.73 Å². The summed E-state index contributed by atoms with van der Waals surface area (Å²) >= 11 is 0. The fraction of sp³-hybridized carbons (Fsp3) is 0.417. The molecule has 1 N–H and O–H groups in total. The van der Waals surface area contributed by atoms with Crippen LogP contribution in [0.2, 0.25) is 0 Å². The molecule has 1 aliphatic heterocycles. The molecule has 1 aliphatic rings. The highest BCUT2D eigenvalue weighted by Gasteiger charge is 2.26. The largest absolute Gasteiger partial charge is 0.467 e. The van der Waals surface area contributed by atoms with E-state index in [-0.39, 0.29) is 6.04 Å². The van der Waals surface area contributed by atoms with Crippen molar-refractivity contribution in [1.29, 1.82) is 0 Å². The van der Waals surface area contributed by atoms with Gasteiger partial charge in [0.15, 0.2) is 0 Å². The maximum absolute atomic E-state index is 5.59. The third-order valence-corrected chi connectivity index (χ3v) is 3.37. The van der Waals surface area contributed by atoms with Crippen LogP contribution in [0, 0.1) is 6.92 Å². The van der Waals surface area contributed by atoms with E-state index in [9.17, 15) is 0 Å². The molecule has 0 bridgehead atoms. The standard InChI is InChI=1S/C12H15N3O/c1-8-10(7-14-15(8)2)11-12-9(3-5-13-11)4-6-16-12/h4,6-7,11,13H,3,5H2,1-2H3. The summed E-state index contributed by atoms with van der Waals surface area (Å²) in [4.78, 5) is 0. The number of hydrogen-bond acceptors (Lipinski definition) is 3. The zero-order chi connectivity index (χ0) is 11.1. The Hall–Kier alpha value is -1.55. The summed E-state index contributed by atoms with van der Waals surface area (Å²) in [5.41, 5.74) is 3.70. The second-order valence-electron chi connectivity index (χ2n) is 4.26. The van der Waals surface area contributed by atoms with Crippen LogP contribution in [0.15, 0.2) is 22.9 Å². The van der Waals surface area contributed by atoms with Gasteiger partial charge in [0, 0.05) is 24.8 Å². The Bertz CT molecular complexity index is 512. The van der Waals surface area contributed by atoms with Gasteiger partial charge in [-0.1, -0.05) is 0 Å². The fourth-order valence-corrected chi connectivity index (χ4v) is 2.30. The molecule has 0 spiro atoms. The minimum atomic E-state index is 0.160. The number of fused-ring (bicyclic) bond motifs is 1. The molecule has 3 rings (SSSR count). The van der Waals surface area contributed by atoms with Crippen LogP contribution in [-0.2, 0) is 13.5 Å². The number of rotatable bonds is 1. The third kappa shape index (κ3) is 1.30. The van der Waals surface area contributed by atoms with Gasteiger partial charge in [0.2, 0.25) is 0 Å². The van der Waals surface area contributed by atoms with Gasteiger partial charge >= 0.3 is 0 Å². The summed E-state index contributed by atoms with van der Waals surface area (Å²) in [5.74, 6) is 1.04. The van der Waals surface area contributed by atoms with Gasteiger partial charge in [-0.05, 0) is 25.0 Å². The number of hydrogen-bond donors (Lipinski definition) is 1. The van der Waals surface area contributed by atoms with E-state index < -0.39 is 0 Å². The molecule has 2 aromatic rings. The Labute approximate surface area is 94.3 Å². The molecule has 4 nitrogen and oxygen atoms in total. The summed E-state index contributed by atoms with van der Waals surface area (Å²) in [6.07, 6.45) is 4.74. The lowest BCUT2D eigenvalue weighted by atomic mass is 9.97. The van der Waals surface area contributed by atoms with Gasteiger partial charge in [-0.15, -0.1) is 0 Å². The molecule has 1 unspecified atom stereocenters. The summed E-state index contributed by atoms with van der Waals surface area (Å²) in [5, 5.41) is 7.77. The number of aryl methyl sites for hydroxylation is 1. The van der Waals surface area contributed by atoms with Gasteiger partial charge in [0.25, 0.3) is 0 Å². The summed E-state index contributed by atoms with van der Waals surface area (Å²) in [6.45, 7) is 3.08. The maximum Gasteiger partial charge on any atom is 0.128 e. The minimum Gasteiger partial charge on any atom is -0.467 e. The first kappa shape index (κ1) is 9.66. The maximum atomic E-state index is 5.59. The first-order valence-corrected chi connectivity index (χ1v) is 5.55. The molecule has 1 atom stereocenters. The quantitative estimate of drug-likeness (QED) is 0.788. The highest BCUT2D eigenvalue weighted by Crippen LogP contribution is 2.30. The van der Waals surface area contributed by atoms with E-state index in [1.54, 1.807) is 6.26 Å². The topological polar surface area (TPSA) is 43.0 Å². The Morgan fingerprint density at radius 2 is 2.44 bits per heavy atom. The van der Waals surface area contributed by atoms with E-state index in [1.807, 2.05) is 17.9 Å². The van der Waals surface area contributed by atoms with Crippen molar-refractivity contribution in [1.82, 2.24) is 15.1 Å². The van der Waals surface area contributed by atoms with Crippen molar-refractivity contribution < 1.29 is 4.42 Å². The Balaban J connectivity index is 2.07.